The molecule has 0 radical (unpaired) electrons. The molecule has 0 aliphatic heterocycles. The Morgan fingerprint density at radius 3 is 3.00 bits per heavy atom. The Morgan fingerprint density at radius 1 is 1.44 bits per heavy atom. The largest absolute Gasteiger partial charge is 0.346 e. The molecule has 2 aromatic heterocycles. The number of thiophene rings is 1. The maximum atomic E-state index is 4.57. The summed E-state index contributed by atoms with van der Waals surface area (Å²) in [4.78, 5) is 8.13. The van der Waals surface area contributed by atoms with Crippen molar-refractivity contribution in [2.24, 2.45) is 0 Å². The summed E-state index contributed by atoms with van der Waals surface area (Å²) in [7, 11) is 4.02. The van der Waals surface area contributed by atoms with Gasteiger partial charge in [-0.1, -0.05) is 6.07 Å². The van der Waals surface area contributed by atoms with Crippen LogP contribution in [0.3, 0.4) is 0 Å². The minimum Gasteiger partial charge on any atom is -0.346 e. The molecule has 2 rings (SSSR count). The maximum Gasteiger partial charge on any atom is 0.185 e. The monoisotopic (exact) mass is 253 g/mol. The van der Waals surface area contributed by atoms with Gasteiger partial charge >= 0.3 is 0 Å². The number of hydrogen-bond donors (Lipinski definition) is 1. The molecule has 2 aromatic rings. The molecule has 0 aromatic carbocycles. The summed E-state index contributed by atoms with van der Waals surface area (Å²) in [6.07, 6.45) is 0. The van der Waals surface area contributed by atoms with E-state index in [9.17, 15) is 0 Å². The fourth-order valence-corrected chi connectivity index (χ4v) is 2.99. The van der Waals surface area contributed by atoms with E-state index in [0.717, 1.165) is 23.9 Å². The van der Waals surface area contributed by atoms with Gasteiger partial charge in [0, 0.05) is 23.8 Å². The van der Waals surface area contributed by atoms with Crippen molar-refractivity contribution in [1.82, 2.24) is 10.3 Å². The van der Waals surface area contributed by atoms with Crippen LogP contribution in [0.1, 0.15) is 10.6 Å². The highest BCUT2D eigenvalue weighted by molar-refractivity contribution is 7.13. The molecule has 16 heavy (non-hydrogen) atoms. The lowest BCUT2D eigenvalue weighted by atomic mass is 10.4. The van der Waals surface area contributed by atoms with E-state index >= 15 is 0 Å². The van der Waals surface area contributed by atoms with E-state index in [4.69, 9.17) is 0 Å². The number of nitrogens with zero attached hydrogens (tertiary/aromatic N) is 2. The Morgan fingerprint density at radius 2 is 2.31 bits per heavy atom. The minimum atomic E-state index is 0.837. The Labute approximate surface area is 104 Å². The zero-order chi connectivity index (χ0) is 11.4. The summed E-state index contributed by atoms with van der Waals surface area (Å²) in [5.74, 6) is 0. The molecule has 0 aliphatic rings. The maximum absolute atomic E-state index is 4.57. The Kier molecular flexibility index (Phi) is 3.93. The number of hydrogen-bond acceptors (Lipinski definition) is 5. The Hall–Kier alpha value is -0.910. The average molecular weight is 253 g/mol. The second kappa shape index (κ2) is 5.43. The molecule has 5 heteroatoms. The summed E-state index contributed by atoms with van der Waals surface area (Å²) in [6, 6.07) is 4.24. The van der Waals surface area contributed by atoms with Gasteiger partial charge in [0.2, 0.25) is 0 Å². The van der Waals surface area contributed by atoms with Crippen LogP contribution < -0.4 is 10.2 Å². The number of thiazole rings is 1. The number of aromatic nitrogens is 1. The lowest BCUT2D eigenvalue weighted by Crippen LogP contribution is -2.15. The highest BCUT2D eigenvalue weighted by atomic mass is 32.1. The number of anilines is 1. The summed E-state index contributed by atoms with van der Waals surface area (Å²) >= 11 is 3.48. The summed E-state index contributed by atoms with van der Waals surface area (Å²) in [5.41, 5.74) is 1.11. The third-order valence-corrected chi connectivity index (χ3v) is 4.06. The van der Waals surface area contributed by atoms with Gasteiger partial charge in [0.25, 0.3) is 0 Å². The Balaban J connectivity index is 2.00. The van der Waals surface area contributed by atoms with E-state index in [1.165, 1.54) is 4.88 Å². The van der Waals surface area contributed by atoms with Crippen LogP contribution in [0.15, 0.2) is 22.9 Å². The van der Waals surface area contributed by atoms with Gasteiger partial charge in [-0.05, 0) is 18.5 Å². The molecule has 86 valence electrons. The molecule has 0 spiro atoms. The SMILES string of the molecule is CNCc1csc(N(C)Cc2cccs2)n1. The molecule has 0 bridgehead atoms. The van der Waals surface area contributed by atoms with Gasteiger partial charge < -0.3 is 10.2 Å². The van der Waals surface area contributed by atoms with Crippen LogP contribution in [0, 0.1) is 0 Å². The van der Waals surface area contributed by atoms with Gasteiger partial charge in [-0.3, -0.25) is 0 Å². The molecule has 3 nitrogen and oxygen atoms in total. The molecule has 1 N–H and O–H groups in total. The zero-order valence-corrected chi connectivity index (χ0v) is 11.1. The number of rotatable bonds is 5. The van der Waals surface area contributed by atoms with Crippen molar-refractivity contribution >= 4 is 27.8 Å². The predicted octanol–water partition coefficient (Wildman–Crippen LogP) is 2.56. The van der Waals surface area contributed by atoms with Crippen LogP contribution in [0.25, 0.3) is 0 Å². The quantitative estimate of drug-likeness (QED) is 0.887. The number of nitrogens with one attached hydrogen (secondary N) is 1. The van der Waals surface area contributed by atoms with Gasteiger partial charge in [0.15, 0.2) is 5.13 Å². The van der Waals surface area contributed by atoms with Crippen LogP contribution in [-0.4, -0.2) is 19.1 Å². The van der Waals surface area contributed by atoms with Crippen LogP contribution in [-0.2, 0) is 13.1 Å². The predicted molar refractivity (Wildman–Crippen MR) is 71.3 cm³/mol. The second-order valence-corrected chi connectivity index (χ2v) is 5.46. The van der Waals surface area contributed by atoms with Crippen molar-refractivity contribution in [3.8, 4) is 0 Å². The average Bonchev–Trinajstić information content (AvgIpc) is 2.89. The third kappa shape index (κ3) is 2.81. The van der Waals surface area contributed by atoms with Gasteiger partial charge in [-0.25, -0.2) is 4.98 Å². The molecule has 0 fully saturated rings. The van der Waals surface area contributed by atoms with Gasteiger partial charge in [0.1, 0.15) is 0 Å². The molecule has 0 amide bonds. The molecule has 0 saturated heterocycles. The first kappa shape index (κ1) is 11.6. The highest BCUT2D eigenvalue weighted by Gasteiger charge is 2.07. The molecule has 0 saturated carbocycles. The lowest BCUT2D eigenvalue weighted by Gasteiger charge is -2.14. The second-order valence-electron chi connectivity index (χ2n) is 3.59. The summed E-state index contributed by atoms with van der Waals surface area (Å²) < 4.78 is 0. The van der Waals surface area contributed by atoms with Crippen LogP contribution in [0.2, 0.25) is 0 Å². The van der Waals surface area contributed by atoms with Crippen molar-refractivity contribution in [2.75, 3.05) is 19.0 Å². The fraction of sp³-hybridized carbons (Fsp3) is 0.364. The molecule has 0 unspecified atom stereocenters. The lowest BCUT2D eigenvalue weighted by molar-refractivity contribution is 0.793. The van der Waals surface area contributed by atoms with E-state index in [2.05, 4.69) is 45.1 Å². The summed E-state index contributed by atoms with van der Waals surface area (Å²) in [5, 5.41) is 8.41. The molecule has 0 aliphatic carbocycles. The first-order valence-electron chi connectivity index (χ1n) is 5.12. The molecule has 2 heterocycles. The summed E-state index contributed by atoms with van der Waals surface area (Å²) in [6.45, 7) is 1.77. The molecule has 0 atom stereocenters. The smallest absolute Gasteiger partial charge is 0.185 e. The van der Waals surface area contributed by atoms with E-state index in [-0.39, 0.29) is 0 Å². The third-order valence-electron chi connectivity index (χ3n) is 2.20. The van der Waals surface area contributed by atoms with E-state index in [1.807, 2.05) is 7.05 Å². The van der Waals surface area contributed by atoms with Gasteiger partial charge in [-0.2, -0.15) is 0 Å². The molecular formula is C11H15N3S2. The van der Waals surface area contributed by atoms with Crippen molar-refractivity contribution < 1.29 is 0 Å². The standard InChI is InChI=1S/C11H15N3S2/c1-12-6-9-8-16-11(13-9)14(2)7-10-4-3-5-15-10/h3-5,8,12H,6-7H2,1-2H3. The first-order chi connectivity index (χ1) is 7.79. The van der Waals surface area contributed by atoms with Crippen LogP contribution in [0.5, 0.6) is 0 Å². The van der Waals surface area contributed by atoms with Gasteiger partial charge in [0.05, 0.1) is 12.2 Å². The van der Waals surface area contributed by atoms with Crippen molar-refractivity contribution in [3.63, 3.8) is 0 Å². The van der Waals surface area contributed by atoms with E-state index < -0.39 is 0 Å². The normalized spacial score (nSPS) is 10.6. The van der Waals surface area contributed by atoms with Crippen LogP contribution >= 0.6 is 22.7 Å². The first-order valence-corrected chi connectivity index (χ1v) is 6.88. The Bertz CT molecular complexity index is 422. The van der Waals surface area contributed by atoms with E-state index in [0.29, 0.717) is 0 Å². The minimum absolute atomic E-state index is 0.837. The fourth-order valence-electron chi connectivity index (χ4n) is 1.44. The van der Waals surface area contributed by atoms with E-state index in [1.54, 1.807) is 22.7 Å². The van der Waals surface area contributed by atoms with Gasteiger partial charge in [-0.15, -0.1) is 22.7 Å². The van der Waals surface area contributed by atoms with Crippen molar-refractivity contribution in [2.45, 2.75) is 13.1 Å². The molecular weight excluding hydrogens is 238 g/mol. The zero-order valence-electron chi connectivity index (χ0n) is 9.43. The van der Waals surface area contributed by atoms with Crippen molar-refractivity contribution in [1.29, 1.82) is 0 Å². The highest BCUT2D eigenvalue weighted by Crippen LogP contribution is 2.22. The van der Waals surface area contributed by atoms with Crippen molar-refractivity contribution in [3.05, 3.63) is 33.5 Å². The topological polar surface area (TPSA) is 28.2 Å². The van der Waals surface area contributed by atoms with Crippen LogP contribution in [0.4, 0.5) is 5.13 Å².